The quantitative estimate of drug-likeness (QED) is 0.527. The minimum atomic E-state index is -0.238. The van der Waals surface area contributed by atoms with E-state index in [2.05, 4.69) is 25.6 Å². The van der Waals surface area contributed by atoms with Crippen molar-refractivity contribution in [3.63, 3.8) is 0 Å². The number of fused-ring (bicyclic) bond motifs is 2. The molecule has 124 valence electrons. The molecule has 2 heterocycles. The molecule has 2 aromatic heterocycles. The Hall–Kier alpha value is -3.26. The molecule has 0 radical (unpaired) electrons. The van der Waals surface area contributed by atoms with Gasteiger partial charge in [0, 0.05) is 18.2 Å². The van der Waals surface area contributed by atoms with Gasteiger partial charge in [-0.2, -0.15) is 0 Å². The van der Waals surface area contributed by atoms with E-state index in [0.29, 0.717) is 16.4 Å². The van der Waals surface area contributed by atoms with Crippen molar-refractivity contribution in [1.29, 1.82) is 0 Å². The molecule has 2 amide bonds. The minimum absolute atomic E-state index is 0.133. The van der Waals surface area contributed by atoms with E-state index in [4.69, 9.17) is 0 Å². The topological polar surface area (TPSA) is 99.8 Å². The van der Waals surface area contributed by atoms with Crippen LogP contribution >= 0.6 is 11.3 Å². The average molecular weight is 351 g/mol. The number of rotatable bonds is 3. The Balaban J connectivity index is 1.58. The summed E-state index contributed by atoms with van der Waals surface area (Å²) in [5, 5.41) is 6.05. The first-order valence-corrected chi connectivity index (χ1v) is 8.33. The van der Waals surface area contributed by atoms with E-state index >= 15 is 0 Å². The third-order valence-corrected chi connectivity index (χ3v) is 4.55. The first-order valence-electron chi connectivity index (χ1n) is 7.51. The van der Waals surface area contributed by atoms with Gasteiger partial charge in [-0.05, 0) is 36.4 Å². The van der Waals surface area contributed by atoms with Gasteiger partial charge in [0.1, 0.15) is 0 Å². The van der Waals surface area contributed by atoms with Crippen LogP contribution in [0.3, 0.4) is 0 Å². The molecule has 8 heteroatoms. The molecule has 4 aromatic rings. The Kier molecular flexibility index (Phi) is 3.66. The fraction of sp³-hybridized carbons (Fsp3) is 0.0588. The van der Waals surface area contributed by atoms with Crippen molar-refractivity contribution < 1.29 is 9.59 Å². The van der Waals surface area contributed by atoms with Crippen LogP contribution < -0.4 is 10.6 Å². The highest BCUT2D eigenvalue weighted by Crippen LogP contribution is 2.28. The van der Waals surface area contributed by atoms with E-state index < -0.39 is 0 Å². The number of thiazole rings is 1. The number of benzene rings is 2. The van der Waals surface area contributed by atoms with Crippen LogP contribution in [0, 0.1) is 0 Å². The summed E-state index contributed by atoms with van der Waals surface area (Å²) in [5.74, 6) is -0.371. The molecule has 25 heavy (non-hydrogen) atoms. The van der Waals surface area contributed by atoms with Crippen LogP contribution in [0.15, 0.2) is 42.7 Å². The molecule has 0 aliphatic heterocycles. The number of aromatic amines is 1. The molecular formula is C17H13N5O2S. The Morgan fingerprint density at radius 1 is 1.08 bits per heavy atom. The lowest BCUT2D eigenvalue weighted by Gasteiger charge is -2.01. The number of hydrogen-bond donors (Lipinski definition) is 3. The molecule has 3 N–H and O–H groups in total. The summed E-state index contributed by atoms with van der Waals surface area (Å²) >= 11 is 1.35. The summed E-state index contributed by atoms with van der Waals surface area (Å²) in [4.78, 5) is 35.1. The van der Waals surface area contributed by atoms with Crippen molar-refractivity contribution in [2.75, 3.05) is 10.6 Å². The van der Waals surface area contributed by atoms with Gasteiger partial charge in [0.2, 0.25) is 5.91 Å². The predicted octanol–water partition coefficient (Wildman–Crippen LogP) is 3.38. The standard InChI is InChI=1S/C17H13N5O2S/c1-9(23)20-11-3-5-13-15(7-11)25-17(21-13)22-16(24)10-2-4-12-14(6-10)19-8-18-12/h2-8H,1H3,(H,18,19)(H,20,23)(H,21,22,24). The summed E-state index contributed by atoms with van der Waals surface area (Å²) in [6.45, 7) is 1.46. The predicted molar refractivity (Wildman–Crippen MR) is 98.0 cm³/mol. The Morgan fingerprint density at radius 3 is 2.76 bits per heavy atom. The lowest BCUT2D eigenvalue weighted by Crippen LogP contribution is -2.11. The second-order valence-corrected chi connectivity index (χ2v) is 6.50. The maximum atomic E-state index is 12.4. The Labute approximate surface area is 146 Å². The third-order valence-electron chi connectivity index (χ3n) is 3.61. The van der Waals surface area contributed by atoms with Crippen LogP contribution in [0.5, 0.6) is 0 Å². The van der Waals surface area contributed by atoms with Crippen molar-refractivity contribution in [2.45, 2.75) is 6.92 Å². The number of aromatic nitrogens is 3. The van der Waals surface area contributed by atoms with E-state index in [-0.39, 0.29) is 11.8 Å². The molecule has 0 atom stereocenters. The summed E-state index contributed by atoms with van der Waals surface area (Å²) in [7, 11) is 0. The van der Waals surface area contributed by atoms with Crippen molar-refractivity contribution in [3.8, 4) is 0 Å². The van der Waals surface area contributed by atoms with Crippen LogP contribution in [0.1, 0.15) is 17.3 Å². The van der Waals surface area contributed by atoms with Gasteiger partial charge in [-0.25, -0.2) is 9.97 Å². The second-order valence-electron chi connectivity index (χ2n) is 5.47. The van der Waals surface area contributed by atoms with Crippen LogP contribution in [-0.4, -0.2) is 26.8 Å². The van der Waals surface area contributed by atoms with Gasteiger partial charge >= 0.3 is 0 Å². The van der Waals surface area contributed by atoms with Crippen molar-refractivity contribution in [1.82, 2.24) is 15.0 Å². The number of nitrogens with zero attached hydrogens (tertiary/aromatic N) is 2. The zero-order valence-electron chi connectivity index (χ0n) is 13.2. The van der Waals surface area contributed by atoms with Crippen LogP contribution in [-0.2, 0) is 4.79 Å². The molecule has 2 aromatic carbocycles. The average Bonchev–Trinajstić information content (AvgIpc) is 3.18. The minimum Gasteiger partial charge on any atom is -0.345 e. The third kappa shape index (κ3) is 3.07. The smallest absolute Gasteiger partial charge is 0.257 e. The number of anilines is 2. The van der Waals surface area contributed by atoms with E-state index in [0.717, 1.165) is 21.3 Å². The van der Waals surface area contributed by atoms with Gasteiger partial charge in [0.05, 0.1) is 27.6 Å². The molecule has 0 saturated carbocycles. The zero-order valence-corrected chi connectivity index (χ0v) is 14.0. The number of hydrogen-bond acceptors (Lipinski definition) is 5. The molecular weight excluding hydrogens is 338 g/mol. The lowest BCUT2D eigenvalue weighted by atomic mass is 10.2. The van der Waals surface area contributed by atoms with E-state index in [1.807, 2.05) is 12.1 Å². The Morgan fingerprint density at radius 2 is 1.92 bits per heavy atom. The maximum absolute atomic E-state index is 12.4. The van der Waals surface area contributed by atoms with E-state index in [1.54, 1.807) is 30.6 Å². The van der Waals surface area contributed by atoms with E-state index in [1.165, 1.54) is 18.3 Å². The van der Waals surface area contributed by atoms with Crippen LogP contribution in [0.4, 0.5) is 10.8 Å². The van der Waals surface area contributed by atoms with Gasteiger partial charge in [-0.15, -0.1) is 0 Å². The molecule has 0 fully saturated rings. The molecule has 7 nitrogen and oxygen atoms in total. The first-order chi connectivity index (χ1) is 12.1. The highest BCUT2D eigenvalue weighted by atomic mass is 32.1. The summed E-state index contributed by atoms with van der Waals surface area (Å²) in [6.07, 6.45) is 1.59. The van der Waals surface area contributed by atoms with Crippen LogP contribution in [0.25, 0.3) is 21.3 Å². The number of H-pyrrole nitrogens is 1. The van der Waals surface area contributed by atoms with Crippen molar-refractivity contribution >= 4 is 55.2 Å². The van der Waals surface area contributed by atoms with Gasteiger partial charge < -0.3 is 10.3 Å². The number of carbonyl (C=O) groups is 2. The number of amides is 2. The normalized spacial score (nSPS) is 10.9. The van der Waals surface area contributed by atoms with Gasteiger partial charge in [-0.3, -0.25) is 14.9 Å². The number of nitrogens with one attached hydrogen (secondary N) is 3. The molecule has 0 unspecified atom stereocenters. The summed E-state index contributed by atoms with van der Waals surface area (Å²) in [6, 6.07) is 10.7. The SMILES string of the molecule is CC(=O)Nc1ccc2nc(NC(=O)c3ccc4nc[nH]c4c3)sc2c1. The largest absolute Gasteiger partial charge is 0.345 e. The molecule has 0 aliphatic rings. The van der Waals surface area contributed by atoms with Gasteiger partial charge in [0.15, 0.2) is 5.13 Å². The van der Waals surface area contributed by atoms with Crippen molar-refractivity contribution in [3.05, 3.63) is 48.3 Å². The summed E-state index contributed by atoms with van der Waals surface area (Å²) in [5.41, 5.74) is 3.60. The number of carbonyl (C=O) groups excluding carboxylic acids is 2. The monoisotopic (exact) mass is 351 g/mol. The maximum Gasteiger partial charge on any atom is 0.257 e. The Bertz CT molecular complexity index is 1110. The van der Waals surface area contributed by atoms with Gasteiger partial charge in [0.25, 0.3) is 5.91 Å². The second kappa shape index (κ2) is 5.99. The molecule has 0 bridgehead atoms. The van der Waals surface area contributed by atoms with E-state index in [9.17, 15) is 9.59 Å². The van der Waals surface area contributed by atoms with Gasteiger partial charge in [-0.1, -0.05) is 11.3 Å². The van der Waals surface area contributed by atoms with Crippen LogP contribution in [0.2, 0.25) is 0 Å². The fourth-order valence-corrected chi connectivity index (χ4v) is 3.41. The molecule has 4 rings (SSSR count). The van der Waals surface area contributed by atoms with Crippen molar-refractivity contribution in [2.24, 2.45) is 0 Å². The lowest BCUT2D eigenvalue weighted by molar-refractivity contribution is -0.114. The molecule has 0 saturated heterocycles. The first kappa shape index (κ1) is 15.3. The molecule has 0 spiro atoms. The fourth-order valence-electron chi connectivity index (χ4n) is 2.51. The highest BCUT2D eigenvalue weighted by molar-refractivity contribution is 7.22. The number of imidazole rings is 1. The molecule has 0 aliphatic carbocycles. The highest BCUT2D eigenvalue weighted by Gasteiger charge is 2.11. The zero-order chi connectivity index (χ0) is 17.4. The summed E-state index contributed by atoms with van der Waals surface area (Å²) < 4.78 is 0.880.